The highest BCUT2D eigenvalue weighted by Gasteiger charge is 2.27. The molecule has 0 saturated carbocycles. The number of aliphatic imine (C=N–C) groups is 1. The van der Waals surface area contributed by atoms with E-state index in [0.29, 0.717) is 32.2 Å². The molecule has 0 saturated heterocycles. The number of aliphatic hydroxyl groups is 1. The Morgan fingerprint density at radius 1 is 1.16 bits per heavy atom. The zero-order valence-electron chi connectivity index (χ0n) is 19.2. The van der Waals surface area contributed by atoms with Gasteiger partial charge in [-0.1, -0.05) is 18.2 Å². The van der Waals surface area contributed by atoms with Crippen LogP contribution in [-0.4, -0.2) is 29.1 Å². The molecule has 1 atom stereocenters. The van der Waals surface area contributed by atoms with Crippen LogP contribution in [0.4, 0.5) is 0 Å². The Morgan fingerprint density at radius 3 is 2.69 bits per heavy atom. The van der Waals surface area contributed by atoms with E-state index in [1.165, 1.54) is 0 Å². The lowest BCUT2D eigenvalue weighted by atomic mass is 9.96. The summed E-state index contributed by atoms with van der Waals surface area (Å²) in [6, 6.07) is 15.5. The average Bonchev–Trinajstić information content (AvgIpc) is 3.14. The van der Waals surface area contributed by atoms with Gasteiger partial charge in [0, 0.05) is 18.3 Å². The van der Waals surface area contributed by atoms with Crippen molar-refractivity contribution in [2.75, 3.05) is 13.1 Å². The molecule has 7 nitrogen and oxygen atoms in total. The summed E-state index contributed by atoms with van der Waals surface area (Å²) in [5.41, 5.74) is 1.59. The number of hydrogen-bond acceptors (Lipinski definition) is 5. The van der Waals surface area contributed by atoms with Gasteiger partial charge in [0.1, 0.15) is 29.5 Å². The Bertz CT molecular complexity index is 1030. The monoisotopic (exact) mass is 436 g/mol. The lowest BCUT2D eigenvalue weighted by Gasteiger charge is -2.24. The molecule has 3 rings (SSSR count). The lowest BCUT2D eigenvalue weighted by molar-refractivity contribution is 0.0601. The quantitative estimate of drug-likeness (QED) is 0.349. The van der Waals surface area contributed by atoms with E-state index in [4.69, 9.17) is 9.15 Å². The lowest BCUT2D eigenvalue weighted by Crippen LogP contribution is -2.44. The summed E-state index contributed by atoms with van der Waals surface area (Å²) >= 11 is 0. The maximum absolute atomic E-state index is 10.9. The minimum Gasteiger partial charge on any atom is -0.487 e. The summed E-state index contributed by atoms with van der Waals surface area (Å²) < 4.78 is 11.4. The van der Waals surface area contributed by atoms with Gasteiger partial charge < -0.3 is 24.9 Å². The number of aryl methyl sites for hydroxylation is 2. The fraction of sp³-hybridized carbons (Fsp3) is 0.360. The fourth-order valence-corrected chi connectivity index (χ4v) is 3.40. The van der Waals surface area contributed by atoms with E-state index in [1.54, 1.807) is 13.1 Å². The van der Waals surface area contributed by atoms with Gasteiger partial charge in [-0.25, -0.2) is 4.99 Å². The molecule has 0 aliphatic heterocycles. The molecule has 0 amide bonds. The summed E-state index contributed by atoms with van der Waals surface area (Å²) in [4.78, 5) is 8.93. The molecule has 170 valence electrons. The summed E-state index contributed by atoms with van der Waals surface area (Å²) in [6.45, 7) is 9.41. The third-order valence-electron chi connectivity index (χ3n) is 5.00. The van der Waals surface area contributed by atoms with Crippen LogP contribution in [-0.2, 0) is 18.8 Å². The molecule has 0 aliphatic carbocycles. The van der Waals surface area contributed by atoms with Gasteiger partial charge in [0.15, 0.2) is 5.96 Å². The fourth-order valence-electron chi connectivity index (χ4n) is 3.40. The third kappa shape index (κ3) is 6.59. The maximum atomic E-state index is 10.9. The summed E-state index contributed by atoms with van der Waals surface area (Å²) in [6.07, 6.45) is 1.76. The van der Waals surface area contributed by atoms with Crippen LogP contribution in [0.1, 0.15) is 42.2 Å². The Labute approximate surface area is 189 Å². The minimum atomic E-state index is -1.09. The van der Waals surface area contributed by atoms with Crippen LogP contribution in [0.5, 0.6) is 5.75 Å². The van der Waals surface area contributed by atoms with Crippen LogP contribution in [0.15, 0.2) is 64.1 Å². The normalized spacial score (nSPS) is 13.5. The highest BCUT2D eigenvalue weighted by atomic mass is 16.5. The average molecular weight is 437 g/mol. The maximum Gasteiger partial charge on any atom is 0.191 e. The van der Waals surface area contributed by atoms with E-state index in [0.717, 1.165) is 34.1 Å². The molecule has 0 aliphatic rings. The van der Waals surface area contributed by atoms with E-state index < -0.39 is 5.60 Å². The first-order valence-corrected chi connectivity index (χ1v) is 10.8. The molecule has 1 aromatic carbocycles. The Morgan fingerprint density at radius 2 is 2.00 bits per heavy atom. The van der Waals surface area contributed by atoms with Crippen LogP contribution >= 0.6 is 0 Å². The van der Waals surface area contributed by atoms with Gasteiger partial charge in [0.25, 0.3) is 0 Å². The van der Waals surface area contributed by atoms with Crippen LogP contribution < -0.4 is 15.4 Å². The van der Waals surface area contributed by atoms with Crippen molar-refractivity contribution in [2.45, 2.75) is 46.4 Å². The molecule has 2 aromatic heterocycles. The van der Waals surface area contributed by atoms with Gasteiger partial charge in [-0.05, 0) is 63.6 Å². The summed E-state index contributed by atoms with van der Waals surface area (Å²) in [7, 11) is 0. The van der Waals surface area contributed by atoms with Crippen LogP contribution in [0.2, 0.25) is 0 Å². The number of aromatic nitrogens is 1. The standard InChI is InChI=1S/C25H32N4O3/c1-5-26-24(29-17-25(4,30)23-13-18(2)32-19(23)3)28-15-20-9-8-11-22(14-20)31-16-21-10-6-7-12-27-21/h6-14,30H,5,15-17H2,1-4H3,(H2,26,28,29). The third-order valence-corrected chi connectivity index (χ3v) is 5.00. The highest BCUT2D eigenvalue weighted by Crippen LogP contribution is 2.26. The zero-order chi connectivity index (χ0) is 23.0. The first-order valence-electron chi connectivity index (χ1n) is 10.8. The molecule has 0 spiro atoms. The largest absolute Gasteiger partial charge is 0.487 e. The van der Waals surface area contributed by atoms with E-state index in [2.05, 4.69) is 20.6 Å². The predicted molar refractivity (Wildman–Crippen MR) is 126 cm³/mol. The SMILES string of the molecule is CCNC(=NCc1cccc(OCc2ccccn2)c1)NCC(C)(O)c1cc(C)oc1C. The molecule has 3 N–H and O–H groups in total. The molecule has 0 radical (unpaired) electrons. The first-order chi connectivity index (χ1) is 15.4. The second kappa shape index (κ2) is 10.8. The molecule has 0 bridgehead atoms. The first kappa shape index (κ1) is 23.3. The van der Waals surface area contributed by atoms with Crippen LogP contribution in [0.25, 0.3) is 0 Å². The van der Waals surface area contributed by atoms with Crippen molar-refractivity contribution in [3.05, 3.63) is 83.1 Å². The van der Waals surface area contributed by atoms with Crippen molar-refractivity contribution >= 4 is 5.96 Å². The summed E-state index contributed by atoms with van der Waals surface area (Å²) in [5, 5.41) is 17.4. The van der Waals surface area contributed by atoms with Crippen LogP contribution in [0.3, 0.4) is 0 Å². The summed E-state index contributed by atoms with van der Waals surface area (Å²) in [5.74, 6) is 2.91. The van der Waals surface area contributed by atoms with Crippen molar-refractivity contribution in [1.29, 1.82) is 0 Å². The number of furan rings is 1. The molecular weight excluding hydrogens is 404 g/mol. The van der Waals surface area contributed by atoms with E-state index in [1.807, 2.05) is 69.3 Å². The number of ether oxygens (including phenoxy) is 1. The molecule has 32 heavy (non-hydrogen) atoms. The van der Waals surface area contributed by atoms with Crippen molar-refractivity contribution in [2.24, 2.45) is 4.99 Å². The minimum absolute atomic E-state index is 0.297. The van der Waals surface area contributed by atoms with Crippen molar-refractivity contribution < 1.29 is 14.3 Å². The second-order valence-corrected chi connectivity index (χ2v) is 7.91. The molecule has 7 heteroatoms. The highest BCUT2D eigenvalue weighted by molar-refractivity contribution is 5.79. The van der Waals surface area contributed by atoms with Crippen LogP contribution in [0, 0.1) is 13.8 Å². The van der Waals surface area contributed by atoms with Gasteiger partial charge in [-0.2, -0.15) is 0 Å². The van der Waals surface area contributed by atoms with Gasteiger partial charge in [-0.3, -0.25) is 4.98 Å². The van der Waals surface area contributed by atoms with Gasteiger partial charge in [0.05, 0.1) is 18.8 Å². The van der Waals surface area contributed by atoms with Gasteiger partial charge in [0.2, 0.25) is 0 Å². The number of guanidine groups is 1. The van der Waals surface area contributed by atoms with Crippen molar-refractivity contribution in [3.8, 4) is 5.75 Å². The number of nitrogens with zero attached hydrogens (tertiary/aromatic N) is 2. The smallest absolute Gasteiger partial charge is 0.191 e. The number of rotatable bonds is 9. The van der Waals surface area contributed by atoms with Crippen molar-refractivity contribution in [3.63, 3.8) is 0 Å². The molecular formula is C25H32N4O3. The van der Waals surface area contributed by atoms with Gasteiger partial charge in [-0.15, -0.1) is 0 Å². The van der Waals surface area contributed by atoms with E-state index in [9.17, 15) is 5.11 Å². The number of nitrogens with one attached hydrogen (secondary N) is 2. The Hall–Kier alpha value is -3.32. The van der Waals surface area contributed by atoms with E-state index >= 15 is 0 Å². The number of pyridine rings is 1. The molecule has 0 fully saturated rings. The number of benzene rings is 1. The number of hydrogen-bond donors (Lipinski definition) is 3. The Balaban J connectivity index is 1.61. The van der Waals surface area contributed by atoms with Crippen molar-refractivity contribution in [1.82, 2.24) is 15.6 Å². The molecule has 3 aromatic rings. The van der Waals surface area contributed by atoms with E-state index in [-0.39, 0.29) is 0 Å². The zero-order valence-corrected chi connectivity index (χ0v) is 19.2. The molecule has 2 heterocycles. The predicted octanol–water partition coefficient (Wildman–Crippen LogP) is 3.83. The van der Waals surface area contributed by atoms with Gasteiger partial charge >= 0.3 is 0 Å². The molecule has 1 unspecified atom stereocenters. The Kier molecular flexibility index (Phi) is 7.89. The second-order valence-electron chi connectivity index (χ2n) is 7.91. The topological polar surface area (TPSA) is 91.9 Å².